The summed E-state index contributed by atoms with van der Waals surface area (Å²) in [7, 11) is 1.80. The molecule has 0 bridgehead atoms. The summed E-state index contributed by atoms with van der Waals surface area (Å²) in [4.78, 5) is 0. The van der Waals surface area contributed by atoms with E-state index < -0.39 is 0 Å². The van der Waals surface area contributed by atoms with Crippen LogP contribution in [0.2, 0.25) is 8.67 Å². The number of halogens is 4. The van der Waals surface area contributed by atoms with Crippen LogP contribution >= 0.6 is 50.5 Å². The maximum atomic E-state index is 13.4. The Morgan fingerprint density at radius 1 is 1.28 bits per heavy atom. The quantitative estimate of drug-likeness (QED) is 0.778. The molecule has 18 heavy (non-hydrogen) atoms. The predicted octanol–water partition coefficient (Wildman–Crippen LogP) is 5.27. The van der Waals surface area contributed by atoms with Gasteiger partial charge in [0.1, 0.15) is 5.82 Å². The van der Waals surface area contributed by atoms with Crippen LogP contribution in [0.5, 0.6) is 0 Å². The van der Waals surface area contributed by atoms with Crippen LogP contribution in [0.1, 0.15) is 17.2 Å². The lowest BCUT2D eigenvalue weighted by Crippen LogP contribution is -2.17. The molecule has 0 spiro atoms. The molecular weight excluding hydrogens is 360 g/mol. The van der Waals surface area contributed by atoms with E-state index in [4.69, 9.17) is 23.2 Å². The van der Waals surface area contributed by atoms with Crippen molar-refractivity contribution in [2.24, 2.45) is 0 Å². The maximum Gasteiger partial charge on any atom is 0.124 e. The van der Waals surface area contributed by atoms with Gasteiger partial charge in [0.15, 0.2) is 0 Å². The highest BCUT2D eigenvalue weighted by molar-refractivity contribution is 9.10. The molecule has 1 heterocycles. The van der Waals surface area contributed by atoms with Crippen molar-refractivity contribution in [1.29, 1.82) is 0 Å². The summed E-state index contributed by atoms with van der Waals surface area (Å²) in [6.07, 6.45) is 0. The number of nitrogens with one attached hydrogen (secondary N) is 1. The molecule has 0 amide bonds. The predicted molar refractivity (Wildman–Crippen MR) is 79.3 cm³/mol. The zero-order valence-corrected chi connectivity index (χ0v) is 13.2. The Morgan fingerprint density at radius 2 is 2.00 bits per heavy atom. The third-order valence-corrected chi connectivity index (χ3v) is 4.48. The molecule has 2 rings (SSSR count). The molecule has 0 saturated carbocycles. The fraction of sp³-hybridized carbons (Fsp3) is 0.167. The van der Waals surface area contributed by atoms with Crippen molar-refractivity contribution < 1.29 is 4.39 Å². The van der Waals surface area contributed by atoms with Gasteiger partial charge in [0, 0.05) is 10.0 Å². The minimum Gasteiger partial charge on any atom is -0.309 e. The molecule has 1 aromatic heterocycles. The first-order chi connectivity index (χ1) is 8.51. The van der Waals surface area contributed by atoms with E-state index >= 15 is 0 Å². The molecule has 0 aliphatic rings. The maximum absolute atomic E-state index is 13.4. The third-order valence-electron chi connectivity index (χ3n) is 2.50. The fourth-order valence-electron chi connectivity index (χ4n) is 1.79. The first-order valence-corrected chi connectivity index (χ1v) is 7.46. The van der Waals surface area contributed by atoms with Gasteiger partial charge in [-0.3, -0.25) is 0 Å². The normalized spacial score (nSPS) is 12.7. The second kappa shape index (κ2) is 5.88. The van der Waals surface area contributed by atoms with Crippen molar-refractivity contribution in [3.63, 3.8) is 0 Å². The molecule has 1 aromatic carbocycles. The summed E-state index contributed by atoms with van der Waals surface area (Å²) in [5.74, 6) is -0.294. The highest BCUT2D eigenvalue weighted by Gasteiger charge is 2.19. The zero-order valence-electron chi connectivity index (χ0n) is 9.31. The molecule has 96 valence electrons. The zero-order chi connectivity index (χ0) is 13.3. The molecule has 1 nitrogen and oxygen atoms in total. The van der Waals surface area contributed by atoms with Gasteiger partial charge in [0.2, 0.25) is 0 Å². The van der Waals surface area contributed by atoms with E-state index in [0.29, 0.717) is 13.1 Å². The van der Waals surface area contributed by atoms with Crippen LogP contribution in [0, 0.1) is 5.82 Å². The molecule has 0 aliphatic carbocycles. The fourth-order valence-corrected chi connectivity index (χ4v) is 3.81. The van der Waals surface area contributed by atoms with Gasteiger partial charge >= 0.3 is 0 Å². The summed E-state index contributed by atoms with van der Waals surface area (Å²) in [6.45, 7) is 0. The minimum absolute atomic E-state index is 0.187. The Labute approximate surface area is 127 Å². The lowest BCUT2D eigenvalue weighted by molar-refractivity contribution is 0.616. The topological polar surface area (TPSA) is 12.0 Å². The van der Waals surface area contributed by atoms with E-state index in [1.54, 1.807) is 13.1 Å². The van der Waals surface area contributed by atoms with E-state index in [-0.39, 0.29) is 11.9 Å². The van der Waals surface area contributed by atoms with Gasteiger partial charge in [-0.1, -0.05) is 39.1 Å². The van der Waals surface area contributed by atoms with Gasteiger partial charge in [-0.25, -0.2) is 4.39 Å². The summed E-state index contributed by atoms with van der Waals surface area (Å²) in [5.41, 5.74) is 1.65. The van der Waals surface area contributed by atoms with Crippen LogP contribution in [0.4, 0.5) is 4.39 Å². The number of hydrogen-bond acceptors (Lipinski definition) is 2. The van der Waals surface area contributed by atoms with Gasteiger partial charge in [-0.2, -0.15) is 0 Å². The number of rotatable bonds is 3. The average Bonchev–Trinajstić information content (AvgIpc) is 2.58. The Hall–Kier alpha value is -0.130. The first kappa shape index (κ1) is 14.3. The third kappa shape index (κ3) is 3.06. The van der Waals surface area contributed by atoms with Crippen molar-refractivity contribution in [2.75, 3.05) is 7.05 Å². The molecule has 0 fully saturated rings. The van der Waals surface area contributed by atoms with Crippen LogP contribution in [-0.2, 0) is 0 Å². The standard InChI is InChI=1S/C12H9BrCl2FNS/c1-17-11(9-5-10(14)18-12(9)15)6-2-7(13)4-8(16)3-6/h2-5,11,17H,1H3. The average molecular weight is 369 g/mol. The second-order valence-corrected chi connectivity index (χ2v) is 6.91. The van der Waals surface area contributed by atoms with Crippen LogP contribution in [0.3, 0.4) is 0 Å². The minimum atomic E-state index is -0.294. The second-order valence-electron chi connectivity index (χ2n) is 3.70. The summed E-state index contributed by atoms with van der Waals surface area (Å²) in [6, 6.07) is 6.36. The van der Waals surface area contributed by atoms with Crippen LogP contribution < -0.4 is 5.32 Å². The van der Waals surface area contributed by atoms with Gasteiger partial charge in [-0.05, 0) is 36.9 Å². The molecule has 6 heteroatoms. The van der Waals surface area contributed by atoms with Gasteiger partial charge in [-0.15, -0.1) is 11.3 Å². The van der Waals surface area contributed by atoms with E-state index in [1.165, 1.54) is 23.5 Å². The van der Waals surface area contributed by atoms with Crippen molar-refractivity contribution in [3.8, 4) is 0 Å². The number of thiophene rings is 1. The van der Waals surface area contributed by atoms with E-state index in [1.807, 2.05) is 6.07 Å². The summed E-state index contributed by atoms with van der Waals surface area (Å²) < 4.78 is 15.3. The highest BCUT2D eigenvalue weighted by Crippen LogP contribution is 2.37. The van der Waals surface area contributed by atoms with Crippen LogP contribution in [-0.4, -0.2) is 7.05 Å². The molecule has 1 atom stereocenters. The van der Waals surface area contributed by atoms with Gasteiger partial charge < -0.3 is 5.32 Å². The van der Waals surface area contributed by atoms with Gasteiger partial charge in [0.25, 0.3) is 0 Å². The molecule has 0 saturated heterocycles. The molecular formula is C12H9BrCl2FNS. The van der Waals surface area contributed by atoms with E-state index in [0.717, 1.165) is 11.1 Å². The Balaban J connectivity index is 2.48. The number of benzene rings is 1. The lowest BCUT2D eigenvalue weighted by atomic mass is 10.0. The molecule has 1 N–H and O–H groups in total. The SMILES string of the molecule is CNC(c1cc(F)cc(Br)c1)c1cc(Cl)sc1Cl. The Kier molecular flexibility index (Phi) is 4.67. The van der Waals surface area contributed by atoms with Crippen LogP contribution in [0.25, 0.3) is 0 Å². The largest absolute Gasteiger partial charge is 0.309 e. The molecule has 2 aromatic rings. The Bertz CT molecular complexity index is 553. The van der Waals surface area contributed by atoms with Crippen molar-refractivity contribution in [3.05, 3.63) is 54.4 Å². The summed E-state index contributed by atoms with van der Waals surface area (Å²) in [5, 5.41) is 3.12. The Morgan fingerprint density at radius 3 is 2.50 bits per heavy atom. The van der Waals surface area contributed by atoms with Crippen LogP contribution in [0.15, 0.2) is 28.7 Å². The lowest BCUT2D eigenvalue weighted by Gasteiger charge is -2.16. The molecule has 0 aliphatic heterocycles. The van der Waals surface area contributed by atoms with Crippen molar-refractivity contribution >= 4 is 50.5 Å². The molecule has 0 radical (unpaired) electrons. The number of hydrogen-bond donors (Lipinski definition) is 1. The van der Waals surface area contributed by atoms with Crippen molar-refractivity contribution in [1.82, 2.24) is 5.32 Å². The van der Waals surface area contributed by atoms with E-state index in [2.05, 4.69) is 21.2 Å². The summed E-state index contributed by atoms with van der Waals surface area (Å²) >= 11 is 16.7. The highest BCUT2D eigenvalue weighted by atomic mass is 79.9. The van der Waals surface area contributed by atoms with Crippen molar-refractivity contribution in [2.45, 2.75) is 6.04 Å². The van der Waals surface area contributed by atoms with Gasteiger partial charge in [0.05, 0.1) is 14.7 Å². The molecule has 1 unspecified atom stereocenters. The monoisotopic (exact) mass is 367 g/mol. The van der Waals surface area contributed by atoms with E-state index in [9.17, 15) is 4.39 Å². The first-order valence-electron chi connectivity index (χ1n) is 5.09. The smallest absolute Gasteiger partial charge is 0.124 e.